The molecule has 0 aliphatic rings. The first-order chi connectivity index (χ1) is 8.97. The maximum absolute atomic E-state index is 13.0. The number of Topliss-reactive ketones (excluding diaryl/α,β-unsaturated/α-hetero) is 1. The molecule has 0 fully saturated rings. The summed E-state index contributed by atoms with van der Waals surface area (Å²) in [6, 6.07) is 8.46. The number of hydrogen-bond donors (Lipinski definition) is 0. The van der Waals surface area contributed by atoms with Gasteiger partial charge in [0.2, 0.25) is 0 Å². The molecule has 0 N–H and O–H groups in total. The number of halogens is 2. The van der Waals surface area contributed by atoms with Gasteiger partial charge in [0, 0.05) is 12.0 Å². The van der Waals surface area contributed by atoms with E-state index in [9.17, 15) is 13.6 Å². The molecule has 0 radical (unpaired) electrons. The third-order valence-electron chi connectivity index (χ3n) is 3.14. The summed E-state index contributed by atoms with van der Waals surface area (Å²) >= 11 is 0. The molecule has 0 aliphatic carbocycles. The summed E-state index contributed by atoms with van der Waals surface area (Å²) in [5, 5.41) is 0. The molecule has 0 saturated carbocycles. The van der Waals surface area contributed by atoms with Crippen LogP contribution in [0.5, 0.6) is 0 Å². The highest BCUT2D eigenvalue weighted by atomic mass is 19.1. The molecule has 3 heteroatoms. The zero-order chi connectivity index (χ0) is 14.0. The van der Waals surface area contributed by atoms with Gasteiger partial charge in [-0.25, -0.2) is 8.78 Å². The summed E-state index contributed by atoms with van der Waals surface area (Å²) < 4.78 is 26.0. The van der Waals surface area contributed by atoms with Crippen molar-refractivity contribution in [2.45, 2.75) is 20.3 Å². The van der Waals surface area contributed by atoms with Crippen molar-refractivity contribution in [1.82, 2.24) is 0 Å². The molecule has 0 aromatic heterocycles. The molecule has 2 rings (SSSR count). The van der Waals surface area contributed by atoms with E-state index in [1.54, 1.807) is 19.9 Å². The minimum absolute atomic E-state index is 0.0905. The summed E-state index contributed by atoms with van der Waals surface area (Å²) in [5.41, 5.74) is 2.65. The van der Waals surface area contributed by atoms with Crippen molar-refractivity contribution >= 4 is 5.78 Å². The zero-order valence-corrected chi connectivity index (χ0v) is 10.8. The van der Waals surface area contributed by atoms with E-state index in [-0.39, 0.29) is 23.8 Å². The van der Waals surface area contributed by atoms with E-state index in [2.05, 4.69) is 0 Å². The zero-order valence-electron chi connectivity index (χ0n) is 10.8. The smallest absolute Gasteiger partial charge is 0.167 e. The van der Waals surface area contributed by atoms with E-state index in [1.807, 2.05) is 0 Å². The first-order valence-corrected chi connectivity index (χ1v) is 6.02. The Morgan fingerprint density at radius 2 is 1.53 bits per heavy atom. The highest BCUT2D eigenvalue weighted by Crippen LogP contribution is 2.16. The minimum Gasteiger partial charge on any atom is -0.294 e. The molecular formula is C16H14F2O. The quantitative estimate of drug-likeness (QED) is 0.762. The van der Waals surface area contributed by atoms with Crippen LogP contribution in [0.2, 0.25) is 0 Å². The van der Waals surface area contributed by atoms with Crippen LogP contribution in [0.3, 0.4) is 0 Å². The highest BCUT2D eigenvalue weighted by molar-refractivity contribution is 5.98. The van der Waals surface area contributed by atoms with Gasteiger partial charge in [-0.05, 0) is 60.9 Å². The van der Waals surface area contributed by atoms with Crippen LogP contribution in [-0.4, -0.2) is 5.78 Å². The average molecular weight is 260 g/mol. The van der Waals surface area contributed by atoms with E-state index >= 15 is 0 Å². The molecule has 0 bridgehead atoms. The lowest BCUT2D eigenvalue weighted by Gasteiger charge is -2.07. The number of ketones is 1. The Morgan fingerprint density at radius 1 is 0.947 bits per heavy atom. The van der Waals surface area contributed by atoms with Crippen molar-refractivity contribution in [3.8, 4) is 0 Å². The minimum atomic E-state index is -0.355. The Hall–Kier alpha value is -2.03. The highest BCUT2D eigenvalue weighted by Gasteiger charge is 2.12. The summed E-state index contributed by atoms with van der Waals surface area (Å²) in [6.07, 6.45) is 0.193. The predicted molar refractivity (Wildman–Crippen MR) is 70.3 cm³/mol. The molecule has 2 aromatic carbocycles. The summed E-state index contributed by atoms with van der Waals surface area (Å²) in [7, 11) is 0. The van der Waals surface area contributed by atoms with E-state index in [0.717, 1.165) is 11.1 Å². The van der Waals surface area contributed by atoms with Gasteiger partial charge in [0.05, 0.1) is 0 Å². The fourth-order valence-electron chi connectivity index (χ4n) is 2.07. The SMILES string of the molecule is Cc1cc(F)ccc1CC(=O)c1ccc(F)cc1C. The van der Waals surface area contributed by atoms with Crippen LogP contribution in [0.1, 0.15) is 27.0 Å². The molecule has 2 aromatic rings. The van der Waals surface area contributed by atoms with Crippen molar-refractivity contribution in [3.63, 3.8) is 0 Å². The van der Waals surface area contributed by atoms with Crippen molar-refractivity contribution in [2.75, 3.05) is 0 Å². The van der Waals surface area contributed by atoms with Crippen LogP contribution in [0.25, 0.3) is 0 Å². The summed E-state index contributed by atoms with van der Waals surface area (Å²) in [5.74, 6) is -0.758. The van der Waals surface area contributed by atoms with Crippen LogP contribution in [0.15, 0.2) is 36.4 Å². The van der Waals surface area contributed by atoms with Crippen molar-refractivity contribution in [2.24, 2.45) is 0 Å². The first-order valence-electron chi connectivity index (χ1n) is 6.02. The molecule has 0 amide bonds. The molecule has 0 heterocycles. The van der Waals surface area contributed by atoms with E-state index in [0.29, 0.717) is 11.1 Å². The third kappa shape index (κ3) is 3.05. The standard InChI is InChI=1S/C16H14F2O/c1-10-7-13(17)4-3-12(10)9-16(19)15-6-5-14(18)8-11(15)2/h3-8H,9H2,1-2H3. The Kier molecular flexibility index (Phi) is 3.74. The van der Waals surface area contributed by atoms with Crippen molar-refractivity contribution in [3.05, 3.63) is 70.3 Å². The Labute approximate surface area is 110 Å². The number of carbonyl (C=O) groups is 1. The van der Waals surface area contributed by atoms with E-state index < -0.39 is 0 Å². The van der Waals surface area contributed by atoms with Gasteiger partial charge >= 0.3 is 0 Å². The number of aryl methyl sites for hydroxylation is 2. The second kappa shape index (κ2) is 5.31. The molecule has 0 aliphatic heterocycles. The molecule has 1 nitrogen and oxygen atoms in total. The van der Waals surface area contributed by atoms with Crippen LogP contribution in [-0.2, 0) is 6.42 Å². The molecule has 0 saturated heterocycles. The number of benzene rings is 2. The van der Waals surface area contributed by atoms with Gasteiger partial charge < -0.3 is 0 Å². The molecule has 0 unspecified atom stereocenters. The van der Waals surface area contributed by atoms with Crippen LogP contribution in [0.4, 0.5) is 8.78 Å². The van der Waals surface area contributed by atoms with Gasteiger partial charge in [0.1, 0.15) is 11.6 Å². The van der Waals surface area contributed by atoms with Crippen LogP contribution in [0, 0.1) is 25.5 Å². The van der Waals surface area contributed by atoms with Gasteiger partial charge in [0.15, 0.2) is 5.78 Å². The molecule has 19 heavy (non-hydrogen) atoms. The lowest BCUT2D eigenvalue weighted by atomic mass is 9.97. The molecule has 98 valence electrons. The van der Waals surface area contributed by atoms with Crippen molar-refractivity contribution < 1.29 is 13.6 Å². The van der Waals surface area contributed by atoms with E-state index in [1.165, 1.54) is 30.3 Å². The lowest BCUT2D eigenvalue weighted by Crippen LogP contribution is -2.07. The Bertz CT molecular complexity index is 633. The van der Waals surface area contributed by atoms with E-state index in [4.69, 9.17) is 0 Å². The third-order valence-corrected chi connectivity index (χ3v) is 3.14. The van der Waals surface area contributed by atoms with Gasteiger partial charge in [-0.3, -0.25) is 4.79 Å². The number of rotatable bonds is 3. The van der Waals surface area contributed by atoms with Crippen molar-refractivity contribution in [1.29, 1.82) is 0 Å². The predicted octanol–water partition coefficient (Wildman–Crippen LogP) is 4.01. The van der Waals surface area contributed by atoms with Gasteiger partial charge in [-0.2, -0.15) is 0 Å². The maximum Gasteiger partial charge on any atom is 0.167 e. The molecule has 0 spiro atoms. The molecular weight excluding hydrogens is 246 g/mol. The van der Waals surface area contributed by atoms with Gasteiger partial charge in [-0.1, -0.05) is 6.07 Å². The van der Waals surface area contributed by atoms with Crippen LogP contribution < -0.4 is 0 Å². The lowest BCUT2D eigenvalue weighted by molar-refractivity contribution is 0.0992. The fourth-order valence-corrected chi connectivity index (χ4v) is 2.07. The first kappa shape index (κ1) is 13.4. The maximum atomic E-state index is 13.0. The second-order valence-corrected chi connectivity index (χ2v) is 4.63. The summed E-state index contributed by atoms with van der Waals surface area (Å²) in [6.45, 7) is 3.47. The Morgan fingerprint density at radius 3 is 2.11 bits per heavy atom. The number of hydrogen-bond acceptors (Lipinski definition) is 1. The Balaban J connectivity index is 2.25. The second-order valence-electron chi connectivity index (χ2n) is 4.63. The summed E-state index contributed by atoms with van der Waals surface area (Å²) in [4.78, 5) is 12.2. The number of carbonyl (C=O) groups excluding carboxylic acids is 1. The molecule has 0 atom stereocenters. The van der Waals surface area contributed by atoms with Crippen LogP contribution >= 0.6 is 0 Å². The van der Waals surface area contributed by atoms with Gasteiger partial charge in [-0.15, -0.1) is 0 Å². The largest absolute Gasteiger partial charge is 0.294 e. The van der Waals surface area contributed by atoms with Gasteiger partial charge in [0.25, 0.3) is 0 Å². The average Bonchev–Trinajstić information content (AvgIpc) is 2.32. The topological polar surface area (TPSA) is 17.1 Å². The normalized spacial score (nSPS) is 10.5. The monoisotopic (exact) mass is 260 g/mol. The fraction of sp³-hybridized carbons (Fsp3) is 0.188.